The van der Waals surface area contributed by atoms with Crippen molar-refractivity contribution >= 4 is 5.91 Å². The van der Waals surface area contributed by atoms with Crippen molar-refractivity contribution in [1.29, 1.82) is 0 Å². The highest BCUT2D eigenvalue weighted by Crippen LogP contribution is 2.19. The Morgan fingerprint density at radius 1 is 1.20 bits per heavy atom. The number of benzene rings is 1. The molecule has 0 bridgehead atoms. The van der Waals surface area contributed by atoms with Crippen LogP contribution in [0.25, 0.3) is 0 Å². The van der Waals surface area contributed by atoms with Crippen LogP contribution in [-0.2, 0) is 16.0 Å². The van der Waals surface area contributed by atoms with Gasteiger partial charge >= 0.3 is 0 Å². The number of carbonyl (C=O) groups excluding carboxylic acids is 1. The molecule has 2 unspecified atom stereocenters. The third kappa shape index (κ3) is 5.60. The van der Waals surface area contributed by atoms with Crippen molar-refractivity contribution in [3.05, 3.63) is 48.2 Å². The van der Waals surface area contributed by atoms with E-state index in [0.717, 1.165) is 32.5 Å². The zero-order valence-corrected chi connectivity index (χ0v) is 16.1. The van der Waals surface area contributed by atoms with Crippen LogP contribution in [0.2, 0.25) is 0 Å². The van der Waals surface area contributed by atoms with Crippen LogP contribution in [0.5, 0.6) is 0 Å². The minimum atomic E-state index is -0.0722. The van der Waals surface area contributed by atoms with Gasteiger partial charge < -0.3 is 9.64 Å². The van der Waals surface area contributed by atoms with Gasteiger partial charge in [-0.05, 0) is 52.6 Å². The monoisotopic (exact) mass is 344 g/mol. The van der Waals surface area contributed by atoms with Crippen LogP contribution in [0, 0.1) is 0 Å². The number of carbonyl (C=O) groups is 1. The molecular weight excluding hydrogens is 312 g/mol. The van der Waals surface area contributed by atoms with Crippen molar-refractivity contribution in [3.63, 3.8) is 0 Å². The average molecular weight is 344 g/mol. The smallest absolute Gasteiger partial charge is 0.288 e. The second kappa shape index (κ2) is 9.04. The van der Waals surface area contributed by atoms with Crippen molar-refractivity contribution in [1.82, 2.24) is 9.80 Å². The summed E-state index contributed by atoms with van der Waals surface area (Å²) in [6.45, 7) is 14.6. The molecule has 4 heteroatoms. The van der Waals surface area contributed by atoms with Crippen LogP contribution in [0.3, 0.4) is 0 Å². The first-order valence-corrected chi connectivity index (χ1v) is 9.33. The van der Waals surface area contributed by atoms with Crippen molar-refractivity contribution < 1.29 is 9.53 Å². The standard InChI is InChI=1S/C21H32N2O2/c1-16(2)25-19(5)21(24)23-15-17(3)22(14-18(23)4)13-9-12-20-10-7-6-8-11-20/h6-8,10-11,16-18H,5,9,12-15H2,1-4H3. The number of aryl methyl sites for hydroxylation is 1. The van der Waals surface area contributed by atoms with Crippen LogP contribution < -0.4 is 0 Å². The zero-order valence-electron chi connectivity index (χ0n) is 16.1. The highest BCUT2D eigenvalue weighted by Gasteiger charge is 2.33. The number of hydrogen-bond acceptors (Lipinski definition) is 3. The molecular formula is C21H32N2O2. The quantitative estimate of drug-likeness (QED) is 0.561. The SMILES string of the molecule is C=C(OC(C)C)C(=O)N1CC(C)N(CCCc2ccccc2)CC1C. The van der Waals surface area contributed by atoms with Crippen molar-refractivity contribution in [2.45, 2.75) is 58.7 Å². The van der Waals surface area contributed by atoms with Crippen LogP contribution in [0.15, 0.2) is 42.7 Å². The molecule has 1 fully saturated rings. The summed E-state index contributed by atoms with van der Waals surface area (Å²) in [5.41, 5.74) is 1.39. The molecule has 25 heavy (non-hydrogen) atoms. The molecule has 0 saturated carbocycles. The normalized spacial score (nSPS) is 21.4. The Morgan fingerprint density at radius 2 is 1.88 bits per heavy atom. The fourth-order valence-electron chi connectivity index (χ4n) is 3.42. The summed E-state index contributed by atoms with van der Waals surface area (Å²) < 4.78 is 5.49. The molecule has 0 spiro atoms. The van der Waals surface area contributed by atoms with E-state index in [1.54, 1.807) is 0 Å². The fraction of sp³-hybridized carbons (Fsp3) is 0.571. The molecule has 4 nitrogen and oxygen atoms in total. The first-order chi connectivity index (χ1) is 11.9. The topological polar surface area (TPSA) is 32.8 Å². The summed E-state index contributed by atoms with van der Waals surface area (Å²) in [5, 5.41) is 0. The molecule has 0 radical (unpaired) electrons. The first kappa shape index (κ1) is 19.5. The van der Waals surface area contributed by atoms with E-state index in [1.807, 2.05) is 18.7 Å². The molecule has 1 aromatic rings. The van der Waals surface area contributed by atoms with Gasteiger partial charge in [-0.2, -0.15) is 0 Å². The lowest BCUT2D eigenvalue weighted by atomic mass is 10.1. The number of ether oxygens (including phenoxy) is 1. The van der Waals surface area contributed by atoms with E-state index in [1.165, 1.54) is 5.56 Å². The Labute approximate surface area is 152 Å². The lowest BCUT2D eigenvalue weighted by molar-refractivity contribution is -0.137. The molecule has 1 saturated heterocycles. The van der Waals surface area contributed by atoms with E-state index in [0.29, 0.717) is 6.04 Å². The molecule has 0 N–H and O–H groups in total. The van der Waals surface area contributed by atoms with E-state index < -0.39 is 0 Å². The van der Waals surface area contributed by atoms with Gasteiger partial charge in [-0.25, -0.2) is 0 Å². The summed E-state index contributed by atoms with van der Waals surface area (Å²) in [5.74, 6) is 0.184. The van der Waals surface area contributed by atoms with Crippen LogP contribution in [-0.4, -0.2) is 53.5 Å². The van der Waals surface area contributed by atoms with Gasteiger partial charge in [0.15, 0.2) is 5.76 Å². The van der Waals surface area contributed by atoms with Gasteiger partial charge in [-0.15, -0.1) is 0 Å². The molecule has 1 amide bonds. The second-order valence-electron chi connectivity index (χ2n) is 7.33. The minimum absolute atomic E-state index is 0.0246. The molecule has 1 aliphatic rings. The Balaban J connectivity index is 1.84. The molecule has 1 heterocycles. The van der Waals surface area contributed by atoms with Crippen molar-refractivity contribution in [3.8, 4) is 0 Å². The van der Waals surface area contributed by atoms with E-state index in [-0.39, 0.29) is 23.8 Å². The Kier molecular flexibility index (Phi) is 7.06. The van der Waals surface area contributed by atoms with Gasteiger partial charge in [-0.1, -0.05) is 36.9 Å². The number of piperazine rings is 1. The fourth-order valence-corrected chi connectivity index (χ4v) is 3.42. The van der Waals surface area contributed by atoms with Crippen LogP contribution in [0.1, 0.15) is 39.7 Å². The molecule has 2 rings (SSSR count). The maximum atomic E-state index is 12.6. The number of rotatable bonds is 7. The maximum absolute atomic E-state index is 12.6. The summed E-state index contributed by atoms with van der Waals surface area (Å²) in [6, 6.07) is 11.1. The van der Waals surface area contributed by atoms with Gasteiger partial charge in [0.2, 0.25) is 0 Å². The minimum Gasteiger partial charge on any atom is -0.486 e. The van der Waals surface area contributed by atoms with E-state index in [2.05, 4.69) is 55.7 Å². The van der Waals surface area contributed by atoms with E-state index >= 15 is 0 Å². The largest absolute Gasteiger partial charge is 0.486 e. The lowest BCUT2D eigenvalue weighted by Gasteiger charge is -2.44. The summed E-state index contributed by atoms with van der Waals surface area (Å²) in [7, 11) is 0. The number of amides is 1. The molecule has 138 valence electrons. The number of hydrogen-bond donors (Lipinski definition) is 0. The molecule has 0 aromatic heterocycles. The van der Waals surface area contributed by atoms with Gasteiger partial charge in [0.05, 0.1) is 6.10 Å². The predicted octanol–water partition coefficient (Wildman–Crippen LogP) is 3.48. The van der Waals surface area contributed by atoms with Crippen molar-refractivity contribution in [2.24, 2.45) is 0 Å². The third-order valence-electron chi connectivity index (χ3n) is 4.75. The second-order valence-corrected chi connectivity index (χ2v) is 7.33. The maximum Gasteiger partial charge on any atom is 0.288 e. The van der Waals surface area contributed by atoms with Crippen LogP contribution in [0.4, 0.5) is 0 Å². The third-order valence-corrected chi connectivity index (χ3v) is 4.75. The van der Waals surface area contributed by atoms with Gasteiger partial charge in [0.25, 0.3) is 5.91 Å². The average Bonchev–Trinajstić information content (AvgIpc) is 2.57. The molecule has 1 aliphatic heterocycles. The van der Waals surface area contributed by atoms with Gasteiger partial charge in [0, 0.05) is 25.2 Å². The highest BCUT2D eigenvalue weighted by molar-refractivity contribution is 5.91. The first-order valence-electron chi connectivity index (χ1n) is 9.33. The van der Waals surface area contributed by atoms with Gasteiger partial charge in [-0.3, -0.25) is 9.69 Å². The Bertz CT molecular complexity index is 571. The number of nitrogens with zero attached hydrogens (tertiary/aromatic N) is 2. The summed E-state index contributed by atoms with van der Waals surface area (Å²) in [6.07, 6.45) is 2.21. The molecule has 0 aliphatic carbocycles. The Hall–Kier alpha value is -1.81. The summed E-state index contributed by atoms with van der Waals surface area (Å²) in [4.78, 5) is 17.0. The van der Waals surface area contributed by atoms with Crippen molar-refractivity contribution in [2.75, 3.05) is 19.6 Å². The van der Waals surface area contributed by atoms with Crippen LogP contribution >= 0.6 is 0 Å². The van der Waals surface area contributed by atoms with Gasteiger partial charge in [0.1, 0.15) is 0 Å². The van der Waals surface area contributed by atoms with E-state index in [9.17, 15) is 4.79 Å². The lowest BCUT2D eigenvalue weighted by Crippen LogP contribution is -2.58. The predicted molar refractivity (Wildman–Crippen MR) is 102 cm³/mol. The highest BCUT2D eigenvalue weighted by atomic mass is 16.5. The summed E-state index contributed by atoms with van der Waals surface area (Å²) >= 11 is 0. The Morgan fingerprint density at radius 3 is 2.52 bits per heavy atom. The zero-order chi connectivity index (χ0) is 18.4. The molecule has 2 atom stereocenters. The molecule has 1 aromatic carbocycles. The van der Waals surface area contributed by atoms with E-state index in [4.69, 9.17) is 4.74 Å².